The molecule has 1 aliphatic rings. The highest BCUT2D eigenvalue weighted by atomic mass is 32.2. The van der Waals surface area contributed by atoms with Gasteiger partial charge in [-0.15, -0.1) is 11.8 Å². The molecule has 90 valence electrons. The third kappa shape index (κ3) is 2.87. The van der Waals surface area contributed by atoms with E-state index in [1.54, 1.807) is 12.1 Å². The largest absolute Gasteiger partial charge is 0.392 e. The second kappa shape index (κ2) is 5.33. The monoisotopic (exact) mass is 251 g/mol. The lowest BCUT2D eigenvalue weighted by molar-refractivity contribution is -0.142. The molecule has 1 saturated heterocycles. The van der Waals surface area contributed by atoms with Crippen molar-refractivity contribution in [2.24, 2.45) is 0 Å². The molecule has 0 atom stereocenters. The first kappa shape index (κ1) is 12.1. The summed E-state index contributed by atoms with van der Waals surface area (Å²) in [6, 6.07) is 7.24. The van der Waals surface area contributed by atoms with E-state index in [2.05, 4.69) is 0 Å². The van der Waals surface area contributed by atoms with Crippen LogP contribution in [0.15, 0.2) is 24.3 Å². The lowest BCUT2D eigenvalue weighted by Crippen LogP contribution is -2.42. The van der Waals surface area contributed by atoms with E-state index >= 15 is 0 Å². The molecule has 17 heavy (non-hydrogen) atoms. The Morgan fingerprint density at radius 1 is 1.06 bits per heavy atom. The lowest BCUT2D eigenvalue weighted by Gasteiger charge is -2.24. The van der Waals surface area contributed by atoms with Crippen LogP contribution in [0.5, 0.6) is 0 Å². The molecular weight excluding hydrogens is 238 g/mol. The summed E-state index contributed by atoms with van der Waals surface area (Å²) in [7, 11) is 0. The molecule has 1 aliphatic heterocycles. The maximum atomic E-state index is 11.6. The van der Waals surface area contributed by atoms with Crippen molar-refractivity contribution in [1.29, 1.82) is 0 Å². The van der Waals surface area contributed by atoms with Crippen LogP contribution >= 0.6 is 11.8 Å². The number of hydrogen-bond acceptors (Lipinski definition) is 4. The van der Waals surface area contributed by atoms with Crippen LogP contribution in [0.25, 0.3) is 0 Å². The van der Waals surface area contributed by atoms with Gasteiger partial charge in [0.1, 0.15) is 0 Å². The standard InChI is InChI=1S/C12H13NO3S/c14-6-10-3-1-9(2-4-10)5-13-11(15)7-17-8-12(13)16/h1-4,14H,5-8H2. The van der Waals surface area contributed by atoms with Gasteiger partial charge in [0.2, 0.25) is 11.8 Å². The van der Waals surface area contributed by atoms with Crippen molar-refractivity contribution in [2.45, 2.75) is 13.2 Å². The van der Waals surface area contributed by atoms with Gasteiger partial charge in [-0.1, -0.05) is 24.3 Å². The lowest BCUT2D eigenvalue weighted by atomic mass is 10.1. The number of benzene rings is 1. The van der Waals surface area contributed by atoms with Crippen LogP contribution < -0.4 is 0 Å². The molecule has 1 aromatic carbocycles. The van der Waals surface area contributed by atoms with Gasteiger partial charge in [0, 0.05) is 0 Å². The summed E-state index contributed by atoms with van der Waals surface area (Å²) in [5, 5.41) is 8.91. The fraction of sp³-hybridized carbons (Fsp3) is 0.333. The number of rotatable bonds is 3. The van der Waals surface area contributed by atoms with E-state index < -0.39 is 0 Å². The van der Waals surface area contributed by atoms with Crippen LogP contribution in [-0.2, 0) is 22.7 Å². The van der Waals surface area contributed by atoms with Crippen LogP contribution in [-0.4, -0.2) is 33.3 Å². The minimum absolute atomic E-state index is 0.00149. The Balaban J connectivity index is 2.08. The number of aliphatic hydroxyl groups excluding tert-OH is 1. The van der Waals surface area contributed by atoms with Gasteiger partial charge < -0.3 is 5.11 Å². The Morgan fingerprint density at radius 2 is 1.59 bits per heavy atom. The van der Waals surface area contributed by atoms with E-state index in [4.69, 9.17) is 5.11 Å². The molecule has 0 saturated carbocycles. The number of amides is 2. The van der Waals surface area contributed by atoms with E-state index in [0.29, 0.717) is 18.1 Å². The van der Waals surface area contributed by atoms with Crippen LogP contribution in [0.2, 0.25) is 0 Å². The summed E-state index contributed by atoms with van der Waals surface area (Å²) in [5.74, 6) is 0.496. The molecule has 5 heteroatoms. The topological polar surface area (TPSA) is 57.6 Å². The van der Waals surface area contributed by atoms with E-state index in [-0.39, 0.29) is 18.4 Å². The average Bonchev–Trinajstić information content (AvgIpc) is 2.35. The van der Waals surface area contributed by atoms with Crippen LogP contribution in [0, 0.1) is 0 Å². The average molecular weight is 251 g/mol. The van der Waals surface area contributed by atoms with Crippen molar-refractivity contribution in [1.82, 2.24) is 4.90 Å². The quantitative estimate of drug-likeness (QED) is 0.807. The first-order valence-electron chi connectivity index (χ1n) is 5.30. The van der Waals surface area contributed by atoms with Crippen molar-refractivity contribution in [2.75, 3.05) is 11.5 Å². The second-order valence-corrected chi connectivity index (χ2v) is 4.83. The molecule has 0 aliphatic carbocycles. The fourth-order valence-electron chi connectivity index (χ4n) is 1.63. The minimum Gasteiger partial charge on any atom is -0.392 e. The maximum Gasteiger partial charge on any atom is 0.239 e. The van der Waals surface area contributed by atoms with Crippen molar-refractivity contribution in [3.8, 4) is 0 Å². The Labute approximate surface area is 104 Å². The number of aliphatic hydroxyl groups is 1. The highest BCUT2D eigenvalue weighted by Crippen LogP contribution is 2.15. The molecule has 2 rings (SSSR count). The number of imide groups is 1. The molecule has 1 fully saturated rings. The first-order chi connectivity index (χ1) is 8.20. The number of thioether (sulfide) groups is 1. The normalized spacial score (nSPS) is 16.4. The zero-order chi connectivity index (χ0) is 12.3. The maximum absolute atomic E-state index is 11.6. The third-order valence-electron chi connectivity index (χ3n) is 2.60. The van der Waals surface area contributed by atoms with Crippen LogP contribution in [0.1, 0.15) is 11.1 Å². The number of carbonyl (C=O) groups is 2. The van der Waals surface area contributed by atoms with Crippen molar-refractivity contribution >= 4 is 23.6 Å². The summed E-state index contributed by atoms with van der Waals surface area (Å²) in [6.45, 7) is 0.322. The van der Waals surface area contributed by atoms with Crippen molar-refractivity contribution in [3.05, 3.63) is 35.4 Å². The predicted molar refractivity (Wildman–Crippen MR) is 65.2 cm³/mol. The van der Waals surface area contributed by atoms with Gasteiger partial charge >= 0.3 is 0 Å². The van der Waals surface area contributed by atoms with Crippen LogP contribution in [0.4, 0.5) is 0 Å². The highest BCUT2D eigenvalue weighted by molar-refractivity contribution is 8.00. The molecule has 0 radical (unpaired) electrons. The highest BCUT2D eigenvalue weighted by Gasteiger charge is 2.26. The molecule has 0 bridgehead atoms. The molecule has 1 aromatic rings. The van der Waals surface area contributed by atoms with E-state index in [1.165, 1.54) is 16.7 Å². The zero-order valence-electron chi connectivity index (χ0n) is 9.26. The first-order valence-corrected chi connectivity index (χ1v) is 6.46. The fourth-order valence-corrected chi connectivity index (χ4v) is 2.39. The van der Waals surface area contributed by atoms with Gasteiger partial charge in [-0.05, 0) is 11.1 Å². The molecule has 0 unspecified atom stereocenters. The van der Waals surface area contributed by atoms with E-state index in [1.807, 2.05) is 12.1 Å². The summed E-state index contributed by atoms with van der Waals surface area (Å²) in [6.07, 6.45) is 0. The molecular formula is C12H13NO3S. The van der Waals surface area contributed by atoms with Crippen LogP contribution in [0.3, 0.4) is 0 Å². The zero-order valence-corrected chi connectivity index (χ0v) is 10.1. The van der Waals surface area contributed by atoms with Gasteiger partial charge in [-0.25, -0.2) is 0 Å². The van der Waals surface area contributed by atoms with Gasteiger partial charge in [0.25, 0.3) is 0 Å². The summed E-state index contributed by atoms with van der Waals surface area (Å²) in [5.41, 5.74) is 1.72. The van der Waals surface area contributed by atoms with E-state index in [9.17, 15) is 9.59 Å². The predicted octanol–water partition coefficient (Wildman–Crippen LogP) is 0.781. The molecule has 2 amide bonds. The molecule has 1 N–H and O–H groups in total. The van der Waals surface area contributed by atoms with Gasteiger partial charge in [0.15, 0.2) is 0 Å². The van der Waals surface area contributed by atoms with Gasteiger partial charge in [0.05, 0.1) is 24.7 Å². The molecule has 0 spiro atoms. The van der Waals surface area contributed by atoms with Gasteiger partial charge in [-0.2, -0.15) is 0 Å². The molecule has 0 aromatic heterocycles. The Morgan fingerprint density at radius 3 is 2.12 bits per heavy atom. The van der Waals surface area contributed by atoms with E-state index in [0.717, 1.165) is 11.1 Å². The summed E-state index contributed by atoms with van der Waals surface area (Å²) in [4.78, 5) is 24.4. The smallest absolute Gasteiger partial charge is 0.239 e. The van der Waals surface area contributed by atoms with Crippen molar-refractivity contribution in [3.63, 3.8) is 0 Å². The minimum atomic E-state index is -0.127. The number of hydrogen-bond donors (Lipinski definition) is 1. The number of nitrogens with zero attached hydrogens (tertiary/aromatic N) is 1. The SMILES string of the molecule is O=C1CSCC(=O)N1Cc1ccc(CO)cc1. The summed E-state index contributed by atoms with van der Waals surface area (Å²) >= 11 is 1.36. The summed E-state index contributed by atoms with van der Waals surface area (Å²) < 4.78 is 0. The second-order valence-electron chi connectivity index (χ2n) is 3.84. The molecule has 4 nitrogen and oxygen atoms in total. The Bertz CT molecular complexity index is 414. The van der Waals surface area contributed by atoms with Gasteiger partial charge in [-0.3, -0.25) is 14.5 Å². The Hall–Kier alpha value is -1.33. The number of carbonyl (C=O) groups excluding carboxylic acids is 2. The third-order valence-corrected chi connectivity index (χ3v) is 3.50. The molecule has 1 heterocycles. The Kier molecular flexibility index (Phi) is 3.81. The van der Waals surface area contributed by atoms with Crippen molar-refractivity contribution < 1.29 is 14.7 Å².